The van der Waals surface area contributed by atoms with Gasteiger partial charge < -0.3 is 10.2 Å². The molecule has 2 aliphatic rings. The molecule has 2 fully saturated rings. The van der Waals surface area contributed by atoms with Crippen LogP contribution in [0.2, 0.25) is 0 Å². The number of rotatable bonds is 4. The van der Waals surface area contributed by atoms with E-state index in [1.165, 1.54) is 87.1 Å². The van der Waals surface area contributed by atoms with Crippen molar-refractivity contribution in [1.82, 2.24) is 0 Å². The molecular formula is C26H34O2S. The van der Waals surface area contributed by atoms with E-state index >= 15 is 0 Å². The molecule has 4 rings (SSSR count). The minimum absolute atomic E-state index is 0.424. The van der Waals surface area contributed by atoms with E-state index in [4.69, 9.17) is 0 Å². The fraction of sp³-hybridized carbons (Fsp3) is 0.538. The summed E-state index contributed by atoms with van der Waals surface area (Å²) in [5, 5.41) is 22.2. The molecule has 0 spiro atoms. The van der Waals surface area contributed by atoms with Gasteiger partial charge in [0.15, 0.2) is 0 Å². The van der Waals surface area contributed by atoms with Crippen molar-refractivity contribution in [2.75, 3.05) is 0 Å². The summed E-state index contributed by atoms with van der Waals surface area (Å²) in [4.78, 5) is 1.75. The molecule has 2 aliphatic carbocycles. The van der Waals surface area contributed by atoms with Gasteiger partial charge in [-0.15, -0.1) is 0 Å². The lowest BCUT2D eigenvalue weighted by molar-refractivity contribution is 0.406. The molecule has 3 heteroatoms. The van der Waals surface area contributed by atoms with Crippen molar-refractivity contribution in [3.8, 4) is 11.5 Å². The van der Waals surface area contributed by atoms with Gasteiger partial charge in [0.25, 0.3) is 0 Å². The lowest BCUT2D eigenvalue weighted by atomic mass is 9.83. The molecule has 156 valence electrons. The first-order chi connectivity index (χ1) is 14.0. The first kappa shape index (κ1) is 20.7. The summed E-state index contributed by atoms with van der Waals surface area (Å²) in [6.45, 7) is 4.22. The molecule has 0 heterocycles. The molecule has 0 radical (unpaired) electrons. The van der Waals surface area contributed by atoms with Crippen molar-refractivity contribution in [3.05, 3.63) is 46.5 Å². The van der Waals surface area contributed by atoms with E-state index in [-0.39, 0.29) is 0 Å². The molecule has 0 saturated heterocycles. The number of aryl methyl sites for hydroxylation is 2. The second-order valence-electron chi connectivity index (χ2n) is 9.17. The van der Waals surface area contributed by atoms with Crippen LogP contribution in [0.1, 0.15) is 98.3 Å². The van der Waals surface area contributed by atoms with E-state index < -0.39 is 0 Å². The Hall–Kier alpha value is -1.61. The largest absolute Gasteiger partial charge is 0.506 e. The standard InChI is InChI=1S/C26H34O2S/c1-17-13-21(19-9-5-3-6-10-19)25(27)23(15-17)29-24-16-18(2)14-22(26(24)28)20-11-7-4-8-12-20/h13-16,19-20,27-28H,3-12H2,1-2H3. The topological polar surface area (TPSA) is 40.5 Å². The van der Waals surface area contributed by atoms with Crippen LogP contribution in [0.3, 0.4) is 0 Å². The molecule has 0 atom stereocenters. The van der Waals surface area contributed by atoms with Gasteiger partial charge in [-0.25, -0.2) is 0 Å². The molecule has 0 aromatic heterocycles. The van der Waals surface area contributed by atoms with Crippen molar-refractivity contribution in [3.63, 3.8) is 0 Å². The third-order valence-electron chi connectivity index (χ3n) is 6.81. The number of hydrogen-bond acceptors (Lipinski definition) is 3. The Kier molecular flexibility index (Phi) is 6.44. The average molecular weight is 411 g/mol. The second-order valence-corrected chi connectivity index (χ2v) is 10.3. The molecule has 2 N–H and O–H groups in total. The summed E-state index contributed by atoms with van der Waals surface area (Å²) in [5.74, 6) is 1.78. The van der Waals surface area contributed by atoms with Crippen molar-refractivity contribution < 1.29 is 10.2 Å². The predicted molar refractivity (Wildman–Crippen MR) is 121 cm³/mol. The molecule has 2 aromatic carbocycles. The summed E-state index contributed by atoms with van der Waals surface area (Å²) in [7, 11) is 0. The van der Waals surface area contributed by atoms with Crippen LogP contribution in [-0.4, -0.2) is 10.2 Å². The zero-order valence-corrected chi connectivity index (χ0v) is 18.7. The quantitative estimate of drug-likeness (QED) is 0.537. The van der Waals surface area contributed by atoms with Gasteiger partial charge in [-0.2, -0.15) is 0 Å². The summed E-state index contributed by atoms with van der Waals surface area (Å²) < 4.78 is 0. The van der Waals surface area contributed by atoms with E-state index in [9.17, 15) is 10.2 Å². The third-order valence-corrected chi connectivity index (χ3v) is 7.87. The van der Waals surface area contributed by atoms with E-state index in [1.807, 2.05) is 0 Å². The smallest absolute Gasteiger partial charge is 0.132 e. The molecule has 2 aromatic rings. The number of aromatic hydroxyl groups is 2. The summed E-state index contributed by atoms with van der Waals surface area (Å²) in [5.41, 5.74) is 4.58. The van der Waals surface area contributed by atoms with Crippen molar-refractivity contribution >= 4 is 11.8 Å². The van der Waals surface area contributed by atoms with Gasteiger partial charge in [-0.3, -0.25) is 0 Å². The maximum absolute atomic E-state index is 11.1. The van der Waals surface area contributed by atoms with Gasteiger partial charge in [0.05, 0.1) is 9.79 Å². The lowest BCUT2D eigenvalue weighted by Gasteiger charge is -2.25. The Labute approximate surface area is 179 Å². The molecule has 0 aliphatic heterocycles. The van der Waals surface area contributed by atoms with Crippen LogP contribution in [0.15, 0.2) is 34.1 Å². The van der Waals surface area contributed by atoms with Crippen LogP contribution in [0.25, 0.3) is 0 Å². The highest BCUT2D eigenvalue weighted by Gasteiger charge is 2.24. The van der Waals surface area contributed by atoms with Crippen molar-refractivity contribution in [1.29, 1.82) is 0 Å². The molecule has 0 bridgehead atoms. The predicted octanol–water partition coefficient (Wildman–Crippen LogP) is 7.96. The van der Waals surface area contributed by atoms with Crippen LogP contribution in [-0.2, 0) is 0 Å². The van der Waals surface area contributed by atoms with Gasteiger partial charge in [0, 0.05) is 0 Å². The normalized spacial score (nSPS) is 18.8. The molecular weight excluding hydrogens is 376 g/mol. The molecule has 0 amide bonds. The van der Waals surface area contributed by atoms with Gasteiger partial charge in [0.1, 0.15) is 11.5 Å². The van der Waals surface area contributed by atoms with Gasteiger partial charge in [-0.05, 0) is 85.8 Å². The summed E-state index contributed by atoms with van der Waals surface area (Å²) in [6.07, 6.45) is 12.3. The highest BCUT2D eigenvalue weighted by Crippen LogP contribution is 2.48. The molecule has 2 saturated carbocycles. The van der Waals surface area contributed by atoms with E-state index in [0.717, 1.165) is 20.9 Å². The van der Waals surface area contributed by atoms with Crippen LogP contribution in [0, 0.1) is 13.8 Å². The molecule has 29 heavy (non-hydrogen) atoms. The van der Waals surface area contributed by atoms with Crippen molar-refractivity contribution in [2.24, 2.45) is 0 Å². The van der Waals surface area contributed by atoms with Crippen LogP contribution >= 0.6 is 11.8 Å². The average Bonchev–Trinajstić information content (AvgIpc) is 2.74. The van der Waals surface area contributed by atoms with Crippen molar-refractivity contribution in [2.45, 2.75) is 99.7 Å². The molecule has 0 unspecified atom stereocenters. The van der Waals surface area contributed by atoms with E-state index in [0.29, 0.717) is 23.3 Å². The van der Waals surface area contributed by atoms with Crippen LogP contribution in [0.5, 0.6) is 11.5 Å². The third kappa shape index (κ3) is 4.60. The fourth-order valence-electron chi connectivity index (χ4n) is 5.27. The maximum atomic E-state index is 11.1. The Balaban J connectivity index is 1.67. The number of benzene rings is 2. The van der Waals surface area contributed by atoms with E-state index in [1.54, 1.807) is 0 Å². The number of phenolic OH excluding ortho intramolecular Hbond substituents is 2. The van der Waals surface area contributed by atoms with Gasteiger partial charge in [0.2, 0.25) is 0 Å². The minimum Gasteiger partial charge on any atom is -0.506 e. The minimum atomic E-state index is 0.424. The Morgan fingerprint density at radius 1 is 0.621 bits per heavy atom. The highest BCUT2D eigenvalue weighted by molar-refractivity contribution is 7.99. The molecule has 2 nitrogen and oxygen atoms in total. The summed E-state index contributed by atoms with van der Waals surface area (Å²) in [6, 6.07) is 8.46. The van der Waals surface area contributed by atoms with E-state index in [2.05, 4.69) is 38.1 Å². The monoisotopic (exact) mass is 410 g/mol. The second kappa shape index (κ2) is 9.04. The maximum Gasteiger partial charge on any atom is 0.132 e. The zero-order chi connectivity index (χ0) is 20.4. The van der Waals surface area contributed by atoms with Crippen LogP contribution in [0.4, 0.5) is 0 Å². The highest BCUT2D eigenvalue weighted by atomic mass is 32.2. The zero-order valence-electron chi connectivity index (χ0n) is 17.8. The Morgan fingerprint density at radius 3 is 1.38 bits per heavy atom. The van der Waals surface area contributed by atoms with Gasteiger partial charge in [-0.1, -0.05) is 62.4 Å². The van der Waals surface area contributed by atoms with Crippen LogP contribution < -0.4 is 0 Å². The lowest BCUT2D eigenvalue weighted by Crippen LogP contribution is -2.06. The summed E-state index contributed by atoms with van der Waals surface area (Å²) >= 11 is 1.53. The Bertz CT molecular complexity index is 790. The Morgan fingerprint density at radius 2 is 1.00 bits per heavy atom. The van der Waals surface area contributed by atoms with Gasteiger partial charge >= 0.3 is 0 Å². The number of hydrogen-bond donors (Lipinski definition) is 2. The first-order valence-electron chi connectivity index (χ1n) is 11.4. The fourth-order valence-corrected chi connectivity index (χ4v) is 6.42. The number of phenols is 2. The SMILES string of the molecule is Cc1cc(Sc2cc(C)cc(C3CCCCC3)c2O)c(O)c(C2CCCCC2)c1. The first-order valence-corrected chi connectivity index (χ1v) is 12.2.